The van der Waals surface area contributed by atoms with Crippen molar-refractivity contribution < 1.29 is 4.79 Å². The number of carbonyl (C=O) groups excluding carboxylic acids is 1. The van der Waals surface area contributed by atoms with Crippen LogP contribution in [0, 0.1) is 11.3 Å². The van der Waals surface area contributed by atoms with Crippen LogP contribution in [0.1, 0.15) is 47.5 Å². The van der Waals surface area contributed by atoms with Gasteiger partial charge in [0.05, 0.1) is 6.04 Å². The van der Waals surface area contributed by atoms with Crippen molar-refractivity contribution in [1.29, 1.82) is 0 Å². The van der Waals surface area contributed by atoms with Gasteiger partial charge in [0.2, 0.25) is 0 Å². The molecule has 3 heteroatoms. The van der Waals surface area contributed by atoms with Crippen molar-refractivity contribution in [3.05, 3.63) is 0 Å². The molecule has 0 spiro atoms. The molecule has 1 unspecified atom stereocenters. The summed E-state index contributed by atoms with van der Waals surface area (Å²) in [5.74, 6) is 0.849. The molecule has 0 heterocycles. The molecule has 0 aromatic carbocycles. The van der Waals surface area contributed by atoms with Gasteiger partial charge in [0.1, 0.15) is 0 Å². The van der Waals surface area contributed by atoms with E-state index >= 15 is 0 Å². The second-order valence-electron chi connectivity index (χ2n) is 5.11. The van der Waals surface area contributed by atoms with Gasteiger partial charge < -0.3 is 0 Å². The summed E-state index contributed by atoms with van der Waals surface area (Å²) in [5.41, 5.74) is 6.10. The van der Waals surface area contributed by atoms with Crippen LogP contribution in [0.2, 0.25) is 0 Å². The van der Waals surface area contributed by atoms with E-state index in [1.165, 1.54) is 0 Å². The molecule has 0 aromatic heterocycles. The number of carbonyl (C=O) groups is 1. The van der Waals surface area contributed by atoms with Crippen molar-refractivity contribution in [2.75, 3.05) is 7.05 Å². The first-order chi connectivity index (χ1) is 6.85. The van der Waals surface area contributed by atoms with Crippen LogP contribution in [0.3, 0.4) is 0 Å². The van der Waals surface area contributed by atoms with Gasteiger partial charge in [-0.3, -0.25) is 10.2 Å². The van der Waals surface area contributed by atoms with Gasteiger partial charge in [0.25, 0.3) is 0 Å². The van der Waals surface area contributed by atoms with Crippen LogP contribution >= 0.6 is 0 Å². The predicted octanol–water partition coefficient (Wildman–Crippen LogP) is 2.13. The average Bonchev–Trinajstić information content (AvgIpc) is 2.15. The van der Waals surface area contributed by atoms with Crippen molar-refractivity contribution in [2.45, 2.75) is 53.5 Å². The summed E-state index contributed by atoms with van der Waals surface area (Å²) >= 11 is 0. The molecule has 15 heavy (non-hydrogen) atoms. The molecular weight excluding hydrogens is 188 g/mol. The number of hydrazine groups is 1. The quantitative estimate of drug-likeness (QED) is 0.638. The lowest BCUT2D eigenvalue weighted by Crippen LogP contribution is -2.46. The Hall–Kier alpha value is -0.410. The summed E-state index contributed by atoms with van der Waals surface area (Å²) in [6.45, 7) is 10.7. The molecular formula is C12H26N2O. The predicted molar refractivity (Wildman–Crippen MR) is 64.5 cm³/mol. The van der Waals surface area contributed by atoms with Gasteiger partial charge >= 0.3 is 0 Å². The van der Waals surface area contributed by atoms with Crippen molar-refractivity contribution in [1.82, 2.24) is 10.9 Å². The molecule has 0 aliphatic carbocycles. The highest BCUT2D eigenvalue weighted by Crippen LogP contribution is 2.31. The van der Waals surface area contributed by atoms with Gasteiger partial charge in [-0.25, -0.2) is 5.43 Å². The first-order valence-electron chi connectivity index (χ1n) is 5.80. The van der Waals surface area contributed by atoms with Gasteiger partial charge in [-0.05, 0) is 24.8 Å². The van der Waals surface area contributed by atoms with E-state index in [-0.39, 0.29) is 17.2 Å². The normalized spacial score (nSPS) is 14.3. The molecule has 0 aliphatic rings. The van der Waals surface area contributed by atoms with E-state index in [1.807, 2.05) is 6.92 Å². The highest BCUT2D eigenvalue weighted by Gasteiger charge is 2.29. The zero-order valence-electron chi connectivity index (χ0n) is 11.0. The Bertz CT molecular complexity index is 200. The topological polar surface area (TPSA) is 41.1 Å². The molecule has 0 saturated carbocycles. The van der Waals surface area contributed by atoms with Crippen LogP contribution in [0.15, 0.2) is 0 Å². The molecule has 0 saturated heterocycles. The first kappa shape index (κ1) is 14.6. The second-order valence-corrected chi connectivity index (χ2v) is 5.11. The number of ketones is 1. The fraction of sp³-hybridized carbons (Fsp3) is 0.917. The Labute approximate surface area is 94.0 Å². The maximum absolute atomic E-state index is 11.7. The molecule has 0 rings (SSSR count). The third kappa shape index (κ3) is 4.76. The minimum atomic E-state index is -0.0719. The van der Waals surface area contributed by atoms with E-state index in [0.29, 0.717) is 12.3 Å². The lowest BCUT2D eigenvalue weighted by Gasteiger charge is -2.33. The van der Waals surface area contributed by atoms with E-state index < -0.39 is 0 Å². The SMILES string of the molecule is CCC(=O)C(CC(C)(C)C(C)C)NNC. The fourth-order valence-corrected chi connectivity index (χ4v) is 1.43. The van der Waals surface area contributed by atoms with Crippen LogP contribution in [0.5, 0.6) is 0 Å². The van der Waals surface area contributed by atoms with Crippen molar-refractivity contribution in [3.8, 4) is 0 Å². The van der Waals surface area contributed by atoms with E-state index in [9.17, 15) is 4.79 Å². The number of hydrogen-bond acceptors (Lipinski definition) is 3. The largest absolute Gasteiger partial charge is 0.298 e. The van der Waals surface area contributed by atoms with Crippen LogP contribution in [0.25, 0.3) is 0 Å². The third-order valence-corrected chi connectivity index (χ3v) is 3.35. The minimum Gasteiger partial charge on any atom is -0.298 e. The molecule has 2 N–H and O–H groups in total. The number of rotatable bonds is 7. The van der Waals surface area contributed by atoms with E-state index in [1.54, 1.807) is 7.05 Å². The van der Waals surface area contributed by atoms with E-state index in [4.69, 9.17) is 0 Å². The minimum absolute atomic E-state index is 0.0719. The molecule has 90 valence electrons. The van der Waals surface area contributed by atoms with E-state index in [0.717, 1.165) is 6.42 Å². The molecule has 0 aliphatic heterocycles. The maximum Gasteiger partial charge on any atom is 0.150 e. The molecule has 1 atom stereocenters. The van der Waals surface area contributed by atoms with Crippen molar-refractivity contribution in [3.63, 3.8) is 0 Å². The molecule has 0 fully saturated rings. The van der Waals surface area contributed by atoms with Crippen molar-refractivity contribution in [2.24, 2.45) is 11.3 Å². The zero-order chi connectivity index (χ0) is 12.1. The number of hydrogen-bond donors (Lipinski definition) is 2. The Morgan fingerprint density at radius 3 is 2.20 bits per heavy atom. The fourth-order valence-electron chi connectivity index (χ4n) is 1.43. The van der Waals surface area contributed by atoms with Gasteiger partial charge in [0, 0.05) is 6.42 Å². The second kappa shape index (κ2) is 6.23. The van der Waals surface area contributed by atoms with Gasteiger partial charge in [-0.2, -0.15) is 0 Å². The highest BCUT2D eigenvalue weighted by molar-refractivity contribution is 5.83. The third-order valence-electron chi connectivity index (χ3n) is 3.35. The number of Topliss-reactive ketones (excluding diaryl/α,β-unsaturated/α-hetero) is 1. The van der Waals surface area contributed by atoms with Gasteiger partial charge in [0.15, 0.2) is 5.78 Å². The zero-order valence-corrected chi connectivity index (χ0v) is 11.0. The molecule has 3 nitrogen and oxygen atoms in total. The summed E-state index contributed by atoms with van der Waals surface area (Å²) in [4.78, 5) is 11.7. The smallest absolute Gasteiger partial charge is 0.150 e. The summed E-state index contributed by atoms with van der Waals surface area (Å²) in [6.07, 6.45) is 1.46. The standard InChI is InChI=1S/C12H26N2O/c1-7-11(15)10(14-13-6)8-12(4,5)9(2)3/h9-10,13-14H,7-8H2,1-6H3. The Balaban J connectivity index is 4.46. The molecule has 0 radical (unpaired) electrons. The Kier molecular flexibility index (Phi) is 6.06. The van der Waals surface area contributed by atoms with Gasteiger partial charge in [-0.15, -0.1) is 0 Å². The average molecular weight is 214 g/mol. The van der Waals surface area contributed by atoms with Crippen LogP contribution < -0.4 is 10.9 Å². The molecule has 0 bridgehead atoms. The summed E-state index contributed by atoms with van der Waals surface area (Å²) in [6, 6.07) is -0.0719. The molecule has 0 aromatic rings. The van der Waals surface area contributed by atoms with Crippen molar-refractivity contribution >= 4 is 5.78 Å². The monoisotopic (exact) mass is 214 g/mol. The Morgan fingerprint density at radius 2 is 1.87 bits per heavy atom. The number of nitrogens with one attached hydrogen (secondary N) is 2. The first-order valence-corrected chi connectivity index (χ1v) is 5.80. The van der Waals surface area contributed by atoms with Crippen LogP contribution in [0.4, 0.5) is 0 Å². The highest BCUT2D eigenvalue weighted by atomic mass is 16.1. The van der Waals surface area contributed by atoms with Crippen LogP contribution in [-0.2, 0) is 4.79 Å². The lowest BCUT2D eigenvalue weighted by atomic mass is 9.75. The molecule has 0 amide bonds. The lowest BCUT2D eigenvalue weighted by molar-refractivity contribution is -0.122. The summed E-state index contributed by atoms with van der Waals surface area (Å²) in [7, 11) is 1.80. The summed E-state index contributed by atoms with van der Waals surface area (Å²) in [5, 5.41) is 0. The van der Waals surface area contributed by atoms with E-state index in [2.05, 4.69) is 38.5 Å². The Morgan fingerprint density at radius 1 is 1.33 bits per heavy atom. The maximum atomic E-state index is 11.7. The van der Waals surface area contributed by atoms with Crippen LogP contribution in [-0.4, -0.2) is 18.9 Å². The van der Waals surface area contributed by atoms with Gasteiger partial charge in [-0.1, -0.05) is 34.6 Å². The summed E-state index contributed by atoms with van der Waals surface area (Å²) < 4.78 is 0.